The first kappa shape index (κ1) is 11.8. The molecule has 2 aliphatic rings. The van der Waals surface area contributed by atoms with Crippen LogP contribution in [-0.2, 0) is 0 Å². The summed E-state index contributed by atoms with van der Waals surface area (Å²) in [6.07, 6.45) is 2.10. The Kier molecular flexibility index (Phi) is 2.92. The van der Waals surface area contributed by atoms with Crippen LogP contribution < -0.4 is 10.5 Å². The van der Waals surface area contributed by atoms with Crippen molar-refractivity contribution in [3.63, 3.8) is 0 Å². The van der Waals surface area contributed by atoms with Crippen molar-refractivity contribution in [2.45, 2.75) is 37.9 Å². The summed E-state index contributed by atoms with van der Waals surface area (Å²) in [5, 5.41) is 9.47. The molecule has 0 amide bonds. The summed E-state index contributed by atoms with van der Waals surface area (Å²) in [6, 6.07) is 6.54. The van der Waals surface area contributed by atoms with E-state index in [0.717, 1.165) is 25.1 Å². The van der Waals surface area contributed by atoms with Crippen molar-refractivity contribution < 1.29 is 9.84 Å². The predicted molar refractivity (Wildman–Crippen MR) is 69.7 cm³/mol. The lowest BCUT2D eigenvalue weighted by atomic mass is 9.95. The highest BCUT2D eigenvalue weighted by Crippen LogP contribution is 2.40. The molecule has 4 nitrogen and oxygen atoms in total. The van der Waals surface area contributed by atoms with Gasteiger partial charge in [0.25, 0.3) is 0 Å². The van der Waals surface area contributed by atoms with Crippen LogP contribution in [0.4, 0.5) is 0 Å². The monoisotopic (exact) mass is 248 g/mol. The van der Waals surface area contributed by atoms with E-state index < -0.39 is 0 Å². The number of ether oxygens (including phenoxy) is 1. The molecule has 1 saturated heterocycles. The number of hydrogen-bond donors (Lipinski definition) is 2. The largest absolute Gasteiger partial charge is 0.508 e. The minimum Gasteiger partial charge on any atom is -0.508 e. The molecule has 3 unspecified atom stereocenters. The van der Waals surface area contributed by atoms with Crippen molar-refractivity contribution >= 4 is 0 Å². The summed E-state index contributed by atoms with van der Waals surface area (Å²) in [5.74, 6) is 1.09. The van der Waals surface area contributed by atoms with E-state index in [4.69, 9.17) is 10.5 Å². The van der Waals surface area contributed by atoms with E-state index in [1.54, 1.807) is 12.1 Å². The van der Waals surface area contributed by atoms with Gasteiger partial charge in [-0.05, 0) is 31.9 Å². The highest BCUT2D eigenvalue weighted by Gasteiger charge is 2.35. The van der Waals surface area contributed by atoms with Gasteiger partial charge in [0, 0.05) is 30.3 Å². The molecule has 3 N–H and O–H groups in total. The number of phenols is 1. The highest BCUT2D eigenvalue weighted by molar-refractivity contribution is 5.44. The van der Waals surface area contributed by atoms with Gasteiger partial charge >= 0.3 is 0 Å². The Morgan fingerprint density at radius 3 is 3.06 bits per heavy atom. The first-order valence-corrected chi connectivity index (χ1v) is 6.62. The van der Waals surface area contributed by atoms with Gasteiger partial charge in [0.15, 0.2) is 0 Å². The van der Waals surface area contributed by atoms with Gasteiger partial charge in [-0.25, -0.2) is 0 Å². The molecule has 2 heterocycles. The Balaban J connectivity index is 1.83. The van der Waals surface area contributed by atoms with Gasteiger partial charge in [0.05, 0.1) is 6.04 Å². The van der Waals surface area contributed by atoms with Crippen LogP contribution >= 0.6 is 0 Å². The maximum atomic E-state index is 9.47. The van der Waals surface area contributed by atoms with E-state index in [2.05, 4.69) is 11.8 Å². The van der Waals surface area contributed by atoms with E-state index in [9.17, 15) is 5.11 Å². The van der Waals surface area contributed by atoms with Crippen molar-refractivity contribution in [2.75, 3.05) is 13.2 Å². The molecule has 18 heavy (non-hydrogen) atoms. The molecular formula is C14H20N2O2. The summed E-state index contributed by atoms with van der Waals surface area (Å²) < 4.78 is 5.69. The van der Waals surface area contributed by atoms with Crippen molar-refractivity contribution in [1.29, 1.82) is 0 Å². The van der Waals surface area contributed by atoms with Gasteiger partial charge in [0.1, 0.15) is 18.1 Å². The van der Waals surface area contributed by atoms with Crippen LogP contribution in [0.3, 0.4) is 0 Å². The Labute approximate surface area is 107 Å². The van der Waals surface area contributed by atoms with Gasteiger partial charge in [-0.15, -0.1) is 0 Å². The van der Waals surface area contributed by atoms with Crippen molar-refractivity contribution in [1.82, 2.24) is 4.90 Å². The zero-order chi connectivity index (χ0) is 12.7. The fourth-order valence-electron chi connectivity index (χ4n) is 3.15. The summed E-state index contributed by atoms with van der Waals surface area (Å²) in [6.45, 7) is 3.94. The molecule has 1 aromatic carbocycles. The maximum Gasteiger partial charge on any atom is 0.127 e. The van der Waals surface area contributed by atoms with Crippen LogP contribution in [0, 0.1) is 0 Å². The third-order valence-electron chi connectivity index (χ3n) is 4.12. The zero-order valence-electron chi connectivity index (χ0n) is 10.7. The first-order valence-electron chi connectivity index (χ1n) is 6.62. The number of phenolic OH excluding ortho intramolecular Hbond substituents is 1. The van der Waals surface area contributed by atoms with Crippen LogP contribution in [0.1, 0.15) is 31.4 Å². The molecule has 2 aliphatic heterocycles. The van der Waals surface area contributed by atoms with E-state index in [1.807, 2.05) is 6.07 Å². The second kappa shape index (κ2) is 4.44. The predicted octanol–water partition coefficient (Wildman–Crippen LogP) is 1.64. The molecular weight excluding hydrogens is 228 g/mol. The Bertz CT molecular complexity index is 449. The molecule has 0 spiro atoms. The average molecular weight is 248 g/mol. The molecule has 1 aromatic rings. The van der Waals surface area contributed by atoms with Crippen molar-refractivity contribution in [3.05, 3.63) is 23.8 Å². The van der Waals surface area contributed by atoms with E-state index in [-0.39, 0.29) is 5.75 Å². The Morgan fingerprint density at radius 1 is 1.44 bits per heavy atom. The topological polar surface area (TPSA) is 58.7 Å². The summed E-state index contributed by atoms with van der Waals surface area (Å²) in [4.78, 5) is 2.48. The smallest absolute Gasteiger partial charge is 0.127 e. The number of nitrogens with zero attached hydrogens (tertiary/aromatic N) is 1. The molecule has 3 rings (SSSR count). The fourth-order valence-corrected chi connectivity index (χ4v) is 3.15. The van der Waals surface area contributed by atoms with Crippen LogP contribution in [0.2, 0.25) is 0 Å². The number of rotatable bonds is 1. The number of aromatic hydroxyl groups is 1. The number of piperidine rings is 1. The molecule has 0 saturated carbocycles. The van der Waals surface area contributed by atoms with Gasteiger partial charge in [-0.3, -0.25) is 4.90 Å². The number of fused-ring (bicyclic) bond motifs is 1. The Hall–Kier alpha value is -1.26. The summed E-state index contributed by atoms with van der Waals surface area (Å²) in [7, 11) is 0. The second-order valence-corrected chi connectivity index (χ2v) is 5.42. The zero-order valence-corrected chi connectivity index (χ0v) is 10.7. The Morgan fingerprint density at radius 2 is 2.28 bits per heavy atom. The number of nitrogens with two attached hydrogens (primary N) is 1. The van der Waals surface area contributed by atoms with Crippen LogP contribution in [0.25, 0.3) is 0 Å². The SMILES string of the molecule is CC1CC(N)CCN1C1COc2cc(O)ccc21. The quantitative estimate of drug-likeness (QED) is 0.793. The number of likely N-dealkylation sites (tertiary alicyclic amines) is 1. The molecule has 1 fully saturated rings. The average Bonchev–Trinajstić information content (AvgIpc) is 2.72. The van der Waals surface area contributed by atoms with Gasteiger partial charge in [0.2, 0.25) is 0 Å². The maximum absolute atomic E-state index is 9.47. The number of hydrogen-bond acceptors (Lipinski definition) is 4. The lowest BCUT2D eigenvalue weighted by molar-refractivity contribution is 0.0814. The van der Waals surface area contributed by atoms with E-state index >= 15 is 0 Å². The first-order chi connectivity index (χ1) is 8.65. The standard InChI is InChI=1S/C14H20N2O2/c1-9-6-10(15)4-5-16(9)13-8-18-14-7-11(17)2-3-12(13)14/h2-3,7,9-10,13,17H,4-6,8,15H2,1H3. The third-order valence-corrected chi connectivity index (χ3v) is 4.12. The highest BCUT2D eigenvalue weighted by atomic mass is 16.5. The molecule has 0 aromatic heterocycles. The molecule has 0 aliphatic carbocycles. The lowest BCUT2D eigenvalue weighted by Gasteiger charge is -2.39. The van der Waals surface area contributed by atoms with Crippen LogP contribution in [0.5, 0.6) is 11.5 Å². The molecule has 98 valence electrons. The molecule has 0 bridgehead atoms. The van der Waals surface area contributed by atoms with E-state index in [0.29, 0.717) is 24.7 Å². The van der Waals surface area contributed by atoms with Crippen LogP contribution in [0.15, 0.2) is 18.2 Å². The third kappa shape index (κ3) is 1.95. The number of benzene rings is 1. The fraction of sp³-hybridized carbons (Fsp3) is 0.571. The molecule has 4 heteroatoms. The van der Waals surface area contributed by atoms with Gasteiger partial charge < -0.3 is 15.6 Å². The summed E-state index contributed by atoms with van der Waals surface area (Å²) >= 11 is 0. The summed E-state index contributed by atoms with van der Waals surface area (Å²) in [5.41, 5.74) is 7.20. The molecule has 0 radical (unpaired) electrons. The van der Waals surface area contributed by atoms with Crippen molar-refractivity contribution in [2.24, 2.45) is 5.73 Å². The van der Waals surface area contributed by atoms with Crippen LogP contribution in [-0.4, -0.2) is 35.2 Å². The van der Waals surface area contributed by atoms with E-state index in [1.165, 1.54) is 5.56 Å². The normalized spacial score (nSPS) is 32.0. The van der Waals surface area contributed by atoms with Gasteiger partial charge in [-0.1, -0.05) is 0 Å². The molecule has 3 atom stereocenters. The van der Waals surface area contributed by atoms with Crippen molar-refractivity contribution in [3.8, 4) is 11.5 Å². The van der Waals surface area contributed by atoms with Gasteiger partial charge in [-0.2, -0.15) is 0 Å². The second-order valence-electron chi connectivity index (χ2n) is 5.42. The lowest BCUT2D eigenvalue weighted by Crippen LogP contribution is -2.47. The minimum absolute atomic E-state index is 0.267. The minimum atomic E-state index is 0.267.